The fourth-order valence-electron chi connectivity index (χ4n) is 2.44. The van der Waals surface area contributed by atoms with E-state index < -0.39 is 0 Å². The number of likely N-dealkylation sites (tertiary alicyclic amines) is 1. The summed E-state index contributed by atoms with van der Waals surface area (Å²) in [6.45, 7) is 1.43. The van der Waals surface area contributed by atoms with Crippen molar-refractivity contribution in [1.82, 2.24) is 14.9 Å². The van der Waals surface area contributed by atoms with E-state index in [2.05, 4.69) is 31.2 Å². The first-order chi connectivity index (χ1) is 10.2. The summed E-state index contributed by atoms with van der Waals surface area (Å²) in [5.41, 5.74) is 1.46. The van der Waals surface area contributed by atoms with Crippen LogP contribution in [0.25, 0.3) is 0 Å². The van der Waals surface area contributed by atoms with Crippen LogP contribution >= 0.6 is 15.9 Å². The normalized spacial score (nSPS) is 17.8. The summed E-state index contributed by atoms with van der Waals surface area (Å²) >= 11 is 3.40. The number of halogens is 1. The van der Waals surface area contributed by atoms with Gasteiger partial charge in [-0.25, -0.2) is 0 Å². The van der Waals surface area contributed by atoms with Crippen LogP contribution in [-0.2, 0) is 0 Å². The molecule has 3 heterocycles. The van der Waals surface area contributed by atoms with Crippen molar-refractivity contribution in [2.24, 2.45) is 0 Å². The average Bonchev–Trinajstić information content (AvgIpc) is 2.96. The third-order valence-electron chi connectivity index (χ3n) is 3.44. The molecule has 1 aliphatic heterocycles. The molecular formula is C15H15BrN4O. The molecule has 1 N–H and O–H groups in total. The average molecular weight is 347 g/mol. The van der Waals surface area contributed by atoms with Gasteiger partial charge in [-0.1, -0.05) is 6.07 Å². The fraction of sp³-hybridized carbons (Fsp3) is 0.267. The maximum Gasteiger partial charge on any atom is 0.272 e. The monoisotopic (exact) mass is 346 g/mol. The highest BCUT2D eigenvalue weighted by molar-refractivity contribution is 9.10. The lowest BCUT2D eigenvalue weighted by atomic mass is 10.2. The van der Waals surface area contributed by atoms with Crippen molar-refractivity contribution in [2.45, 2.75) is 12.5 Å². The Hall–Kier alpha value is -1.95. The molecule has 0 aliphatic carbocycles. The number of carbonyl (C=O) groups is 1. The highest BCUT2D eigenvalue weighted by Gasteiger charge is 2.27. The summed E-state index contributed by atoms with van der Waals surface area (Å²) in [7, 11) is 0. The summed E-state index contributed by atoms with van der Waals surface area (Å²) < 4.78 is 0.937. The molecule has 0 aromatic carbocycles. The van der Waals surface area contributed by atoms with Gasteiger partial charge in [-0.3, -0.25) is 14.8 Å². The van der Waals surface area contributed by atoms with E-state index in [4.69, 9.17) is 0 Å². The third kappa shape index (κ3) is 3.39. The smallest absolute Gasteiger partial charge is 0.272 e. The molecule has 1 aliphatic rings. The van der Waals surface area contributed by atoms with Gasteiger partial charge in [-0.05, 0) is 40.5 Å². The number of aromatic nitrogens is 2. The molecule has 6 heteroatoms. The highest BCUT2D eigenvalue weighted by Crippen LogP contribution is 2.19. The van der Waals surface area contributed by atoms with Gasteiger partial charge in [-0.15, -0.1) is 0 Å². The van der Waals surface area contributed by atoms with Crippen molar-refractivity contribution in [3.63, 3.8) is 0 Å². The summed E-state index contributed by atoms with van der Waals surface area (Å²) in [5, 5.41) is 3.41. The first-order valence-electron chi connectivity index (χ1n) is 6.80. The Morgan fingerprint density at radius 1 is 1.38 bits per heavy atom. The summed E-state index contributed by atoms with van der Waals surface area (Å²) in [6, 6.07) is 7.62. The highest BCUT2D eigenvalue weighted by atomic mass is 79.9. The van der Waals surface area contributed by atoms with Gasteiger partial charge in [-0.2, -0.15) is 0 Å². The number of nitrogens with one attached hydrogen (secondary N) is 1. The second-order valence-electron chi connectivity index (χ2n) is 4.99. The maximum atomic E-state index is 12.3. The van der Waals surface area contributed by atoms with Crippen molar-refractivity contribution >= 4 is 27.5 Å². The van der Waals surface area contributed by atoms with Gasteiger partial charge in [0.1, 0.15) is 5.69 Å². The minimum Gasteiger partial charge on any atom is -0.379 e. The first-order valence-corrected chi connectivity index (χ1v) is 7.59. The van der Waals surface area contributed by atoms with Crippen LogP contribution in [0.4, 0.5) is 5.69 Å². The van der Waals surface area contributed by atoms with Gasteiger partial charge in [0.05, 0.1) is 11.9 Å². The van der Waals surface area contributed by atoms with Crippen LogP contribution in [0.3, 0.4) is 0 Å². The first kappa shape index (κ1) is 14.0. The number of hydrogen-bond acceptors (Lipinski definition) is 4. The quantitative estimate of drug-likeness (QED) is 0.927. The van der Waals surface area contributed by atoms with Crippen LogP contribution in [0.2, 0.25) is 0 Å². The molecular weight excluding hydrogens is 332 g/mol. The topological polar surface area (TPSA) is 58.1 Å². The Labute approximate surface area is 131 Å². The Bertz CT molecular complexity index is 635. The van der Waals surface area contributed by atoms with Gasteiger partial charge in [0.15, 0.2) is 0 Å². The van der Waals surface area contributed by atoms with Gasteiger partial charge in [0.2, 0.25) is 0 Å². The number of amides is 1. The van der Waals surface area contributed by atoms with E-state index in [1.54, 1.807) is 24.7 Å². The van der Waals surface area contributed by atoms with E-state index in [1.807, 2.05) is 23.1 Å². The molecule has 5 nitrogen and oxygen atoms in total. The zero-order valence-corrected chi connectivity index (χ0v) is 13.0. The number of anilines is 1. The second kappa shape index (κ2) is 6.22. The maximum absolute atomic E-state index is 12.3. The van der Waals surface area contributed by atoms with E-state index in [0.717, 1.165) is 23.1 Å². The number of carbonyl (C=O) groups excluding carboxylic acids is 1. The minimum atomic E-state index is -0.00716. The van der Waals surface area contributed by atoms with Crippen molar-refractivity contribution < 1.29 is 4.79 Å². The lowest BCUT2D eigenvalue weighted by Gasteiger charge is -2.17. The second-order valence-corrected chi connectivity index (χ2v) is 5.90. The Balaban J connectivity index is 1.62. The van der Waals surface area contributed by atoms with Crippen molar-refractivity contribution in [3.05, 3.63) is 53.0 Å². The lowest BCUT2D eigenvalue weighted by molar-refractivity contribution is 0.0786. The Morgan fingerprint density at radius 3 is 3.05 bits per heavy atom. The third-order valence-corrected chi connectivity index (χ3v) is 3.87. The molecule has 0 radical (unpaired) electrons. The van der Waals surface area contributed by atoms with E-state index in [0.29, 0.717) is 12.2 Å². The molecule has 1 saturated heterocycles. The zero-order chi connectivity index (χ0) is 14.7. The van der Waals surface area contributed by atoms with Gasteiger partial charge < -0.3 is 10.2 Å². The Kier molecular flexibility index (Phi) is 4.15. The fourth-order valence-corrected chi connectivity index (χ4v) is 2.81. The van der Waals surface area contributed by atoms with E-state index in [9.17, 15) is 4.79 Å². The molecule has 0 bridgehead atoms. The predicted octanol–water partition coefficient (Wildman–Crippen LogP) is 2.57. The zero-order valence-electron chi connectivity index (χ0n) is 11.4. The lowest BCUT2D eigenvalue weighted by Crippen LogP contribution is -2.32. The van der Waals surface area contributed by atoms with Crippen LogP contribution < -0.4 is 5.32 Å². The molecule has 3 rings (SSSR count). The minimum absolute atomic E-state index is 0.00716. The van der Waals surface area contributed by atoms with Crippen molar-refractivity contribution in [2.75, 3.05) is 18.4 Å². The van der Waals surface area contributed by atoms with Gasteiger partial charge in [0, 0.05) is 36.0 Å². The molecule has 21 heavy (non-hydrogen) atoms. The van der Waals surface area contributed by atoms with Crippen LogP contribution in [0.15, 0.2) is 47.3 Å². The predicted molar refractivity (Wildman–Crippen MR) is 84.1 cm³/mol. The largest absolute Gasteiger partial charge is 0.379 e. The number of hydrogen-bond donors (Lipinski definition) is 1. The molecule has 2 aromatic heterocycles. The van der Waals surface area contributed by atoms with Gasteiger partial charge >= 0.3 is 0 Å². The molecule has 1 amide bonds. The molecule has 2 aromatic rings. The van der Waals surface area contributed by atoms with Crippen LogP contribution in [0, 0.1) is 0 Å². The molecule has 0 spiro atoms. The van der Waals surface area contributed by atoms with Crippen LogP contribution in [0.5, 0.6) is 0 Å². The standard InChI is InChI=1S/C15H15BrN4O/c16-11-7-13(9-17-8-11)19-12-4-6-20(10-12)15(21)14-3-1-2-5-18-14/h1-3,5,7-9,12,19H,4,6,10H2. The molecule has 1 unspecified atom stereocenters. The molecule has 1 fully saturated rings. The van der Waals surface area contributed by atoms with E-state index in [1.165, 1.54) is 0 Å². The number of nitrogens with zero attached hydrogens (tertiary/aromatic N) is 3. The number of rotatable bonds is 3. The summed E-state index contributed by atoms with van der Waals surface area (Å²) in [4.78, 5) is 22.4. The molecule has 1 atom stereocenters. The van der Waals surface area contributed by atoms with Crippen molar-refractivity contribution in [3.8, 4) is 0 Å². The Morgan fingerprint density at radius 2 is 2.29 bits per heavy atom. The molecule has 108 valence electrons. The van der Waals surface area contributed by atoms with Gasteiger partial charge in [0.25, 0.3) is 5.91 Å². The van der Waals surface area contributed by atoms with Crippen LogP contribution in [-0.4, -0.2) is 39.9 Å². The van der Waals surface area contributed by atoms with Crippen LogP contribution in [0.1, 0.15) is 16.9 Å². The van der Waals surface area contributed by atoms with E-state index >= 15 is 0 Å². The van der Waals surface area contributed by atoms with Crippen molar-refractivity contribution in [1.29, 1.82) is 0 Å². The summed E-state index contributed by atoms with van der Waals surface area (Å²) in [5.74, 6) is -0.00716. The molecule has 0 saturated carbocycles. The number of pyridine rings is 2. The van der Waals surface area contributed by atoms with E-state index in [-0.39, 0.29) is 11.9 Å². The SMILES string of the molecule is O=C(c1ccccn1)N1CCC(Nc2cncc(Br)c2)C1. The summed E-state index contributed by atoms with van der Waals surface area (Å²) in [6.07, 6.45) is 6.10.